The first-order chi connectivity index (χ1) is 9.85. The van der Waals surface area contributed by atoms with Crippen molar-refractivity contribution in [3.8, 4) is 5.75 Å². The van der Waals surface area contributed by atoms with Gasteiger partial charge < -0.3 is 15.3 Å². The average Bonchev–Trinajstić information content (AvgIpc) is 2.43. The van der Waals surface area contributed by atoms with Crippen LogP contribution >= 0.6 is 0 Å². The predicted octanol–water partition coefficient (Wildman–Crippen LogP) is 2.56. The van der Waals surface area contributed by atoms with Crippen LogP contribution in [0.3, 0.4) is 0 Å². The van der Waals surface area contributed by atoms with Gasteiger partial charge in [-0.25, -0.2) is 4.39 Å². The molecule has 0 fully saturated rings. The van der Waals surface area contributed by atoms with Crippen LogP contribution in [0.25, 0.3) is 0 Å². The van der Waals surface area contributed by atoms with Gasteiger partial charge >= 0.3 is 0 Å². The molecule has 1 aromatic carbocycles. The fourth-order valence-electron chi connectivity index (χ4n) is 1.64. The van der Waals surface area contributed by atoms with E-state index in [0.717, 1.165) is 6.07 Å². The van der Waals surface area contributed by atoms with E-state index in [1.165, 1.54) is 12.1 Å². The average molecular weight is 296 g/mol. The predicted molar refractivity (Wildman–Crippen MR) is 78.3 cm³/mol. The molecule has 1 rings (SSSR count). The first kappa shape index (κ1) is 16.9. The van der Waals surface area contributed by atoms with E-state index in [1.54, 1.807) is 13.8 Å². The number of halogens is 1. The molecule has 6 heteroatoms. The Bertz CT molecular complexity index is 530. The van der Waals surface area contributed by atoms with Crippen molar-refractivity contribution < 1.29 is 19.1 Å². The first-order valence-electron chi connectivity index (χ1n) is 6.78. The fourth-order valence-corrected chi connectivity index (χ4v) is 1.64. The van der Waals surface area contributed by atoms with Crippen LogP contribution in [-0.4, -0.2) is 29.5 Å². The van der Waals surface area contributed by atoms with Gasteiger partial charge in [0, 0.05) is 18.2 Å². The van der Waals surface area contributed by atoms with Crippen LogP contribution < -0.4 is 10.1 Å². The highest BCUT2D eigenvalue weighted by molar-refractivity contribution is 6.00. The topological polar surface area (TPSA) is 70.9 Å². The van der Waals surface area contributed by atoms with Crippen molar-refractivity contribution in [1.29, 1.82) is 0 Å². The molecule has 0 aromatic heterocycles. The summed E-state index contributed by atoms with van der Waals surface area (Å²) in [5.74, 6) is -0.279. The molecule has 1 aromatic rings. The van der Waals surface area contributed by atoms with Crippen molar-refractivity contribution >= 4 is 11.6 Å². The van der Waals surface area contributed by atoms with Gasteiger partial charge in [0.25, 0.3) is 5.91 Å². The summed E-state index contributed by atoms with van der Waals surface area (Å²) < 4.78 is 18.8. The highest BCUT2D eigenvalue weighted by atomic mass is 19.1. The number of hydrogen-bond acceptors (Lipinski definition) is 4. The van der Waals surface area contributed by atoms with Gasteiger partial charge in [-0.05, 0) is 31.9 Å². The molecule has 1 atom stereocenters. The minimum absolute atomic E-state index is 0.164. The van der Waals surface area contributed by atoms with Crippen LogP contribution in [0.15, 0.2) is 23.4 Å². The number of rotatable bonds is 6. The Morgan fingerprint density at radius 1 is 1.43 bits per heavy atom. The lowest BCUT2D eigenvalue weighted by Crippen LogP contribution is -2.38. The number of carbonyl (C=O) groups excluding carboxylic acids is 1. The summed E-state index contributed by atoms with van der Waals surface area (Å²) in [5.41, 5.74) is 0.710. The Hall–Kier alpha value is -2.11. The van der Waals surface area contributed by atoms with Gasteiger partial charge in [0.1, 0.15) is 11.6 Å². The van der Waals surface area contributed by atoms with Crippen molar-refractivity contribution in [2.45, 2.75) is 33.8 Å². The summed E-state index contributed by atoms with van der Waals surface area (Å²) in [6.45, 7) is 7.65. The van der Waals surface area contributed by atoms with Crippen molar-refractivity contribution in [2.75, 3.05) is 6.54 Å². The molecular formula is C15H21FN2O3. The maximum atomic E-state index is 13.3. The summed E-state index contributed by atoms with van der Waals surface area (Å²) in [4.78, 5) is 11.9. The molecule has 0 spiro atoms. The number of hydrogen-bond donors (Lipinski definition) is 2. The third-order valence-corrected chi connectivity index (χ3v) is 2.84. The molecule has 21 heavy (non-hydrogen) atoms. The minimum atomic E-state index is -0.782. The first-order valence-corrected chi connectivity index (χ1v) is 6.78. The zero-order chi connectivity index (χ0) is 16.0. The Balaban J connectivity index is 2.86. The number of nitrogens with zero attached hydrogens (tertiary/aromatic N) is 1. The number of benzene rings is 1. The van der Waals surface area contributed by atoms with Crippen LogP contribution in [-0.2, 0) is 4.79 Å². The number of amides is 1. The van der Waals surface area contributed by atoms with E-state index < -0.39 is 11.9 Å². The normalized spacial score (nSPS) is 13.1. The largest absolute Gasteiger partial charge is 0.480 e. The van der Waals surface area contributed by atoms with E-state index in [9.17, 15) is 9.18 Å². The van der Waals surface area contributed by atoms with Crippen molar-refractivity contribution in [3.63, 3.8) is 0 Å². The lowest BCUT2D eigenvalue weighted by Gasteiger charge is -2.17. The Morgan fingerprint density at radius 2 is 2.10 bits per heavy atom. The van der Waals surface area contributed by atoms with Crippen LogP contribution in [0.4, 0.5) is 4.39 Å². The number of ether oxygens (including phenoxy) is 1. The zero-order valence-electron chi connectivity index (χ0n) is 12.7. The van der Waals surface area contributed by atoms with Crippen LogP contribution in [0.1, 0.15) is 33.3 Å². The van der Waals surface area contributed by atoms with Gasteiger partial charge in [-0.15, -0.1) is 0 Å². The highest BCUT2D eigenvalue weighted by Crippen LogP contribution is 2.22. The molecule has 0 heterocycles. The van der Waals surface area contributed by atoms with Crippen molar-refractivity contribution in [2.24, 2.45) is 11.1 Å². The summed E-state index contributed by atoms with van der Waals surface area (Å²) in [5, 5.41) is 14.6. The minimum Gasteiger partial charge on any atom is -0.480 e. The second-order valence-electron chi connectivity index (χ2n) is 5.22. The molecule has 116 valence electrons. The van der Waals surface area contributed by atoms with E-state index in [0.29, 0.717) is 18.0 Å². The molecule has 0 aliphatic rings. The zero-order valence-corrected chi connectivity index (χ0v) is 12.7. The summed E-state index contributed by atoms with van der Waals surface area (Å²) >= 11 is 0. The van der Waals surface area contributed by atoms with Crippen LogP contribution in [0.2, 0.25) is 0 Å². The maximum absolute atomic E-state index is 13.3. The number of carbonyl (C=O) groups is 1. The SMILES string of the molecule is CC(=NO)c1ccc(F)cc1OC(C)C(=O)NCC(C)C. The molecule has 1 amide bonds. The van der Waals surface area contributed by atoms with Crippen LogP contribution in [0, 0.1) is 11.7 Å². The second kappa shape index (κ2) is 7.61. The van der Waals surface area contributed by atoms with E-state index in [2.05, 4.69) is 10.5 Å². The van der Waals surface area contributed by atoms with Crippen molar-refractivity contribution in [3.05, 3.63) is 29.6 Å². The third kappa shape index (κ3) is 5.06. The molecular weight excluding hydrogens is 275 g/mol. The van der Waals surface area contributed by atoms with Gasteiger partial charge in [0.15, 0.2) is 6.10 Å². The lowest BCUT2D eigenvalue weighted by atomic mass is 10.1. The van der Waals surface area contributed by atoms with E-state index >= 15 is 0 Å². The summed E-state index contributed by atoms with van der Waals surface area (Å²) in [6, 6.07) is 3.84. The number of nitrogens with one attached hydrogen (secondary N) is 1. The van der Waals surface area contributed by atoms with Gasteiger partial charge in [-0.2, -0.15) is 0 Å². The quantitative estimate of drug-likeness (QED) is 0.481. The molecule has 5 nitrogen and oxygen atoms in total. The van der Waals surface area contributed by atoms with E-state index in [1.807, 2.05) is 13.8 Å². The molecule has 0 bridgehead atoms. The summed E-state index contributed by atoms with van der Waals surface area (Å²) in [7, 11) is 0. The van der Waals surface area contributed by atoms with Gasteiger partial charge in [0.2, 0.25) is 0 Å². The van der Waals surface area contributed by atoms with Gasteiger partial charge in [-0.3, -0.25) is 4.79 Å². The van der Waals surface area contributed by atoms with Gasteiger partial charge in [0.05, 0.1) is 5.71 Å². The Labute approximate surface area is 123 Å². The smallest absolute Gasteiger partial charge is 0.260 e. The van der Waals surface area contributed by atoms with Crippen LogP contribution in [0.5, 0.6) is 5.75 Å². The number of oxime groups is 1. The second-order valence-corrected chi connectivity index (χ2v) is 5.22. The summed E-state index contributed by atoms with van der Waals surface area (Å²) in [6.07, 6.45) is -0.782. The molecule has 0 aliphatic heterocycles. The Kier molecular flexibility index (Phi) is 6.14. The molecule has 0 saturated heterocycles. The Morgan fingerprint density at radius 3 is 2.67 bits per heavy atom. The molecule has 0 saturated carbocycles. The van der Waals surface area contributed by atoms with E-state index in [4.69, 9.17) is 9.94 Å². The van der Waals surface area contributed by atoms with E-state index in [-0.39, 0.29) is 17.4 Å². The molecule has 0 aliphatic carbocycles. The lowest BCUT2D eigenvalue weighted by molar-refractivity contribution is -0.127. The maximum Gasteiger partial charge on any atom is 0.260 e. The fraction of sp³-hybridized carbons (Fsp3) is 0.467. The monoisotopic (exact) mass is 296 g/mol. The van der Waals surface area contributed by atoms with Gasteiger partial charge in [-0.1, -0.05) is 19.0 Å². The highest BCUT2D eigenvalue weighted by Gasteiger charge is 2.18. The molecule has 0 radical (unpaired) electrons. The van der Waals surface area contributed by atoms with Crippen molar-refractivity contribution in [1.82, 2.24) is 5.32 Å². The molecule has 1 unspecified atom stereocenters. The molecule has 2 N–H and O–H groups in total. The standard InChI is InChI=1S/C15H21FN2O3/c1-9(2)8-17-15(19)11(4)21-14-7-12(16)5-6-13(14)10(3)18-20/h5-7,9,11,20H,8H2,1-4H3,(H,17,19). The third-order valence-electron chi connectivity index (χ3n) is 2.84.